The third kappa shape index (κ3) is 13.1. The predicted octanol–water partition coefficient (Wildman–Crippen LogP) is 2.67. The first kappa shape index (κ1) is 33.5. The van der Waals surface area contributed by atoms with Crippen molar-refractivity contribution >= 4 is 29.7 Å². The Morgan fingerprint density at radius 1 is 0.850 bits per heavy atom. The number of carboxylic acids is 2. The molecule has 0 bridgehead atoms. The summed E-state index contributed by atoms with van der Waals surface area (Å²) in [5.74, 6) is -3.14. The molecule has 40 heavy (non-hydrogen) atoms. The Morgan fingerprint density at radius 3 is 2.08 bits per heavy atom. The molecule has 11 nitrogen and oxygen atoms in total. The summed E-state index contributed by atoms with van der Waals surface area (Å²) in [6, 6.07) is -2.61. The highest BCUT2D eigenvalue weighted by Crippen LogP contribution is 2.26. The van der Waals surface area contributed by atoms with Gasteiger partial charge in [-0.3, -0.25) is 19.2 Å². The van der Waals surface area contributed by atoms with E-state index in [4.69, 9.17) is 0 Å². The Morgan fingerprint density at radius 2 is 1.48 bits per heavy atom. The van der Waals surface area contributed by atoms with Crippen molar-refractivity contribution in [1.82, 2.24) is 20.9 Å². The molecular weight excluding hydrogens is 516 g/mol. The zero-order chi connectivity index (χ0) is 29.3. The van der Waals surface area contributed by atoms with Crippen LogP contribution in [0.1, 0.15) is 103 Å². The Kier molecular flexibility index (Phi) is 15.6. The van der Waals surface area contributed by atoms with Crippen LogP contribution in [-0.2, 0) is 24.0 Å². The van der Waals surface area contributed by atoms with Gasteiger partial charge in [0.1, 0.15) is 12.1 Å². The molecule has 0 spiro atoms. The maximum Gasteiger partial charge on any atom is 0.326 e. The van der Waals surface area contributed by atoms with E-state index in [1.165, 1.54) is 24.2 Å². The van der Waals surface area contributed by atoms with Crippen molar-refractivity contribution in [1.29, 1.82) is 0 Å². The van der Waals surface area contributed by atoms with Gasteiger partial charge in [0, 0.05) is 13.0 Å². The number of carbonyl (C=O) groups is 5. The van der Waals surface area contributed by atoms with E-state index in [1.807, 2.05) is 0 Å². The van der Waals surface area contributed by atoms with Gasteiger partial charge in [-0.25, -0.2) is 4.79 Å². The van der Waals surface area contributed by atoms with Crippen molar-refractivity contribution in [3.05, 3.63) is 0 Å². The van der Waals surface area contributed by atoms with Crippen LogP contribution in [0.2, 0.25) is 0 Å². The Bertz CT molecular complexity index is 823. The van der Waals surface area contributed by atoms with Crippen molar-refractivity contribution in [2.75, 3.05) is 26.2 Å². The summed E-state index contributed by atoms with van der Waals surface area (Å²) in [4.78, 5) is 63.1. The maximum atomic E-state index is 12.9. The smallest absolute Gasteiger partial charge is 0.326 e. The van der Waals surface area contributed by atoms with Crippen LogP contribution in [0.4, 0.5) is 0 Å². The minimum absolute atomic E-state index is 0.161. The first-order valence-corrected chi connectivity index (χ1v) is 15.2. The van der Waals surface area contributed by atoms with E-state index in [-0.39, 0.29) is 18.9 Å². The third-order valence-electron chi connectivity index (χ3n) is 8.26. The van der Waals surface area contributed by atoms with Crippen LogP contribution in [0.3, 0.4) is 0 Å². The van der Waals surface area contributed by atoms with E-state index in [1.54, 1.807) is 6.92 Å². The molecular formula is C29H50N4O7. The molecule has 1 heterocycles. The van der Waals surface area contributed by atoms with E-state index < -0.39 is 42.3 Å². The highest BCUT2D eigenvalue weighted by atomic mass is 16.4. The molecule has 0 aromatic heterocycles. The number of nitrogens with zero attached hydrogens (tertiary/aromatic N) is 1. The van der Waals surface area contributed by atoms with Crippen LogP contribution in [0.15, 0.2) is 0 Å². The molecule has 0 aromatic rings. The minimum atomic E-state index is -1.44. The average Bonchev–Trinajstić information content (AvgIpc) is 2.90. The molecule has 5 N–H and O–H groups in total. The van der Waals surface area contributed by atoms with E-state index in [9.17, 15) is 34.2 Å². The number of rotatable bonds is 16. The summed E-state index contributed by atoms with van der Waals surface area (Å²) in [5, 5.41) is 27.2. The standard InChI is InChI=1S/C29H50N4O7/c1-2-33(26(35)12-8-11-22-15-17-30-18-16-22)20-25(34)31-24(19-27(36)37)28(38)32-23(29(39)40)14-13-21-9-6-4-3-5-7-10-21/h21-24,30H,2-20H2,1H3,(H,31,34)(H,32,38)(H,36,37)(H,39,40). The lowest BCUT2D eigenvalue weighted by molar-refractivity contribution is -0.144. The van der Waals surface area contributed by atoms with Gasteiger partial charge in [-0.1, -0.05) is 44.9 Å². The predicted molar refractivity (Wildman–Crippen MR) is 150 cm³/mol. The summed E-state index contributed by atoms with van der Waals surface area (Å²) in [7, 11) is 0. The number of aliphatic carboxylic acids is 2. The fourth-order valence-electron chi connectivity index (χ4n) is 5.81. The number of carboxylic acid groups (broad SMARTS) is 2. The van der Waals surface area contributed by atoms with Crippen LogP contribution < -0.4 is 16.0 Å². The second-order valence-corrected chi connectivity index (χ2v) is 11.4. The molecule has 2 atom stereocenters. The lowest BCUT2D eigenvalue weighted by atomic mass is 9.87. The van der Waals surface area contributed by atoms with Gasteiger partial charge in [0.25, 0.3) is 0 Å². The Hall–Kier alpha value is -2.69. The summed E-state index contributed by atoms with van der Waals surface area (Å²) in [5.41, 5.74) is 0. The fourth-order valence-corrected chi connectivity index (χ4v) is 5.81. The summed E-state index contributed by atoms with van der Waals surface area (Å²) >= 11 is 0. The van der Waals surface area contributed by atoms with Crippen molar-refractivity contribution in [2.24, 2.45) is 11.8 Å². The molecule has 0 aromatic carbocycles. The van der Waals surface area contributed by atoms with Gasteiger partial charge in [-0.2, -0.15) is 0 Å². The molecule has 228 valence electrons. The Balaban J connectivity index is 1.87. The van der Waals surface area contributed by atoms with Crippen LogP contribution in [-0.4, -0.2) is 83.0 Å². The quantitative estimate of drug-likeness (QED) is 0.190. The number of hydrogen-bond donors (Lipinski definition) is 5. The van der Waals surface area contributed by atoms with Gasteiger partial charge in [0.05, 0.1) is 13.0 Å². The zero-order valence-corrected chi connectivity index (χ0v) is 24.1. The maximum absolute atomic E-state index is 12.9. The van der Waals surface area contributed by atoms with Crippen LogP contribution in [0, 0.1) is 11.8 Å². The minimum Gasteiger partial charge on any atom is -0.481 e. The number of carbonyl (C=O) groups excluding carboxylic acids is 3. The van der Waals surface area contributed by atoms with Crippen LogP contribution in [0.25, 0.3) is 0 Å². The van der Waals surface area contributed by atoms with Gasteiger partial charge in [0.15, 0.2) is 0 Å². The molecule has 2 unspecified atom stereocenters. The monoisotopic (exact) mass is 566 g/mol. The zero-order valence-electron chi connectivity index (χ0n) is 24.1. The molecule has 1 aliphatic heterocycles. The van der Waals surface area contributed by atoms with Crippen LogP contribution in [0.5, 0.6) is 0 Å². The van der Waals surface area contributed by atoms with Gasteiger partial charge >= 0.3 is 11.9 Å². The number of piperidine rings is 1. The Labute approximate surface area is 238 Å². The average molecular weight is 567 g/mol. The summed E-state index contributed by atoms with van der Waals surface area (Å²) < 4.78 is 0. The largest absolute Gasteiger partial charge is 0.481 e. The number of likely N-dealkylation sites (N-methyl/N-ethyl adjacent to an activating group) is 1. The van der Waals surface area contributed by atoms with Crippen LogP contribution >= 0.6 is 0 Å². The number of nitrogens with one attached hydrogen (secondary N) is 3. The lowest BCUT2D eigenvalue weighted by Crippen LogP contribution is -2.54. The molecule has 3 amide bonds. The van der Waals surface area contributed by atoms with Gasteiger partial charge in [0.2, 0.25) is 17.7 Å². The molecule has 2 rings (SSSR count). The fraction of sp³-hybridized carbons (Fsp3) is 0.828. The molecule has 2 aliphatic rings. The molecule has 1 aliphatic carbocycles. The third-order valence-corrected chi connectivity index (χ3v) is 8.26. The number of amides is 3. The van der Waals surface area contributed by atoms with Crippen molar-refractivity contribution in [3.8, 4) is 0 Å². The number of hydrogen-bond acceptors (Lipinski definition) is 6. The van der Waals surface area contributed by atoms with Gasteiger partial charge < -0.3 is 31.1 Å². The van der Waals surface area contributed by atoms with Crippen molar-refractivity contribution in [3.63, 3.8) is 0 Å². The second-order valence-electron chi connectivity index (χ2n) is 11.4. The molecule has 0 radical (unpaired) electrons. The van der Waals surface area contributed by atoms with Crippen molar-refractivity contribution < 1.29 is 34.2 Å². The first-order valence-electron chi connectivity index (χ1n) is 15.2. The topological polar surface area (TPSA) is 165 Å². The SMILES string of the molecule is CCN(CC(=O)NC(CC(=O)O)C(=O)NC(CCC1CCCCCCC1)C(=O)O)C(=O)CCCC1CCNCC1. The van der Waals surface area contributed by atoms with E-state index in [2.05, 4.69) is 16.0 Å². The molecule has 1 saturated heterocycles. The normalized spacial score (nSPS) is 18.5. The van der Waals surface area contributed by atoms with Crippen molar-refractivity contribution in [2.45, 2.75) is 115 Å². The van der Waals surface area contributed by atoms with E-state index >= 15 is 0 Å². The second kappa shape index (κ2) is 18.6. The van der Waals surface area contributed by atoms with Gasteiger partial charge in [-0.05, 0) is 70.4 Å². The van der Waals surface area contributed by atoms with E-state index in [0.29, 0.717) is 31.2 Å². The summed E-state index contributed by atoms with van der Waals surface area (Å²) in [6.07, 6.45) is 12.4. The molecule has 2 fully saturated rings. The molecule has 11 heteroatoms. The highest BCUT2D eigenvalue weighted by Gasteiger charge is 2.29. The summed E-state index contributed by atoms with van der Waals surface area (Å²) in [6.45, 7) is 3.76. The van der Waals surface area contributed by atoms with E-state index in [0.717, 1.165) is 64.5 Å². The highest BCUT2D eigenvalue weighted by molar-refractivity contribution is 5.94. The first-order chi connectivity index (χ1) is 19.2. The lowest BCUT2D eigenvalue weighted by Gasteiger charge is -2.25. The van der Waals surface area contributed by atoms with Gasteiger partial charge in [-0.15, -0.1) is 0 Å². The molecule has 1 saturated carbocycles.